The number of hydrogen-bond acceptors (Lipinski definition) is 3. The van der Waals surface area contributed by atoms with Crippen LogP contribution < -0.4 is 0 Å². The summed E-state index contributed by atoms with van der Waals surface area (Å²) in [6.45, 7) is 5.02. The van der Waals surface area contributed by atoms with Crippen LogP contribution in [0.4, 0.5) is 0 Å². The smallest absolute Gasteiger partial charge is 0.304 e. The first-order valence-corrected chi connectivity index (χ1v) is 5.15. The van der Waals surface area contributed by atoms with E-state index in [1.165, 1.54) is 0 Å². The molecule has 84 valence electrons. The highest BCUT2D eigenvalue weighted by molar-refractivity contribution is 5.66. The Balaban J connectivity index is 3.18. The molecule has 0 unspecified atom stereocenters. The van der Waals surface area contributed by atoms with E-state index in [4.69, 9.17) is 9.84 Å². The Hall–Kier alpha value is -0.610. The second-order valence-corrected chi connectivity index (χ2v) is 3.41. The number of ether oxygens (including phenoxy) is 1. The summed E-state index contributed by atoms with van der Waals surface area (Å²) >= 11 is 0. The molecule has 0 aromatic carbocycles. The van der Waals surface area contributed by atoms with Crippen molar-refractivity contribution in [2.24, 2.45) is 0 Å². The van der Waals surface area contributed by atoms with Crippen LogP contribution in [0.2, 0.25) is 0 Å². The van der Waals surface area contributed by atoms with Crippen LogP contribution in [0.5, 0.6) is 0 Å². The highest BCUT2D eigenvalue weighted by Gasteiger charge is 2.01. The predicted octanol–water partition coefficient (Wildman–Crippen LogP) is 1.21. The van der Waals surface area contributed by atoms with Gasteiger partial charge in [-0.05, 0) is 13.5 Å². The number of aliphatic carboxylic acids is 1. The third-order valence-electron chi connectivity index (χ3n) is 1.97. The lowest BCUT2D eigenvalue weighted by Gasteiger charge is -2.14. The van der Waals surface area contributed by atoms with Crippen LogP contribution in [-0.4, -0.2) is 49.3 Å². The maximum atomic E-state index is 10.3. The van der Waals surface area contributed by atoms with Crippen LogP contribution >= 0.6 is 0 Å². The summed E-state index contributed by atoms with van der Waals surface area (Å²) in [6.07, 6.45) is 2.44. The van der Waals surface area contributed by atoms with Gasteiger partial charge in [0.05, 0.1) is 13.0 Å². The monoisotopic (exact) mass is 203 g/mol. The zero-order valence-corrected chi connectivity index (χ0v) is 9.16. The Bertz CT molecular complexity index is 150. The molecular weight excluding hydrogens is 182 g/mol. The molecule has 0 saturated carbocycles. The van der Waals surface area contributed by atoms with E-state index in [9.17, 15) is 4.79 Å². The van der Waals surface area contributed by atoms with E-state index in [2.05, 4.69) is 6.92 Å². The highest BCUT2D eigenvalue weighted by atomic mass is 16.5. The van der Waals surface area contributed by atoms with Gasteiger partial charge in [-0.1, -0.05) is 13.3 Å². The molecule has 4 nitrogen and oxygen atoms in total. The van der Waals surface area contributed by atoms with Gasteiger partial charge in [0.15, 0.2) is 0 Å². The minimum absolute atomic E-state index is 0.200. The summed E-state index contributed by atoms with van der Waals surface area (Å²) in [7, 11) is 1.91. The van der Waals surface area contributed by atoms with Crippen LogP contribution in [0.3, 0.4) is 0 Å². The highest BCUT2D eigenvalue weighted by Crippen LogP contribution is 1.90. The van der Waals surface area contributed by atoms with Crippen molar-refractivity contribution in [1.29, 1.82) is 0 Å². The zero-order chi connectivity index (χ0) is 10.8. The van der Waals surface area contributed by atoms with Crippen LogP contribution in [0.15, 0.2) is 0 Å². The van der Waals surface area contributed by atoms with Crippen molar-refractivity contribution in [2.45, 2.75) is 26.2 Å². The average molecular weight is 203 g/mol. The second-order valence-electron chi connectivity index (χ2n) is 3.41. The molecule has 0 aliphatic carbocycles. The Morgan fingerprint density at radius 2 is 2.07 bits per heavy atom. The maximum absolute atomic E-state index is 10.3. The molecule has 0 aromatic heterocycles. The van der Waals surface area contributed by atoms with Gasteiger partial charge in [0.2, 0.25) is 0 Å². The Morgan fingerprint density at radius 3 is 2.64 bits per heavy atom. The van der Waals surface area contributed by atoms with Crippen molar-refractivity contribution in [3.63, 3.8) is 0 Å². The van der Waals surface area contributed by atoms with Gasteiger partial charge >= 0.3 is 5.97 Å². The lowest BCUT2D eigenvalue weighted by atomic mass is 10.4. The molecule has 0 bridgehead atoms. The number of carboxylic acid groups (broad SMARTS) is 1. The number of hydrogen-bond donors (Lipinski definition) is 1. The third-order valence-corrected chi connectivity index (χ3v) is 1.97. The van der Waals surface area contributed by atoms with Gasteiger partial charge in [0.1, 0.15) is 0 Å². The molecule has 4 heteroatoms. The summed E-state index contributed by atoms with van der Waals surface area (Å²) < 4.78 is 5.36. The molecule has 0 heterocycles. The van der Waals surface area contributed by atoms with E-state index in [-0.39, 0.29) is 6.42 Å². The molecule has 0 saturated heterocycles. The first-order chi connectivity index (χ1) is 6.66. The van der Waals surface area contributed by atoms with Crippen LogP contribution in [0.25, 0.3) is 0 Å². The number of nitrogens with zero attached hydrogens (tertiary/aromatic N) is 1. The summed E-state index contributed by atoms with van der Waals surface area (Å²) in [5.41, 5.74) is 0. The summed E-state index contributed by atoms with van der Waals surface area (Å²) in [5.74, 6) is -0.747. The number of rotatable bonds is 9. The van der Waals surface area contributed by atoms with E-state index in [0.717, 1.165) is 26.0 Å². The first-order valence-electron chi connectivity index (χ1n) is 5.15. The maximum Gasteiger partial charge on any atom is 0.304 e. The average Bonchev–Trinajstić information content (AvgIpc) is 2.14. The Morgan fingerprint density at radius 1 is 1.36 bits per heavy atom. The molecule has 0 aromatic rings. The molecule has 1 N–H and O–H groups in total. The molecule has 0 fully saturated rings. The van der Waals surface area contributed by atoms with Crippen molar-refractivity contribution < 1.29 is 14.6 Å². The van der Waals surface area contributed by atoms with Gasteiger partial charge in [-0.3, -0.25) is 4.79 Å². The number of unbranched alkanes of at least 4 members (excludes halogenated alkanes) is 1. The Labute approximate surface area is 85.9 Å². The molecule has 0 rings (SSSR count). The van der Waals surface area contributed by atoms with Gasteiger partial charge in [-0.15, -0.1) is 0 Å². The topological polar surface area (TPSA) is 49.8 Å². The molecular formula is C10H21NO3. The summed E-state index contributed by atoms with van der Waals surface area (Å²) in [6, 6.07) is 0. The minimum Gasteiger partial charge on any atom is -0.481 e. The van der Waals surface area contributed by atoms with Crippen LogP contribution in [0.1, 0.15) is 26.2 Å². The van der Waals surface area contributed by atoms with E-state index in [0.29, 0.717) is 13.2 Å². The largest absolute Gasteiger partial charge is 0.481 e. The lowest BCUT2D eigenvalue weighted by Crippen LogP contribution is -2.25. The van der Waals surface area contributed by atoms with Crippen LogP contribution in [-0.2, 0) is 9.53 Å². The van der Waals surface area contributed by atoms with Crippen LogP contribution in [0, 0.1) is 0 Å². The molecule has 0 radical (unpaired) electrons. The third kappa shape index (κ3) is 9.48. The van der Waals surface area contributed by atoms with Crippen molar-refractivity contribution >= 4 is 5.97 Å². The standard InChI is InChI=1S/C10H21NO3/c1-3-4-8-14-9-7-11(2)6-5-10(12)13/h3-9H2,1-2H3,(H,12,13). The summed E-state index contributed by atoms with van der Waals surface area (Å²) in [5, 5.41) is 8.45. The fourth-order valence-electron chi connectivity index (χ4n) is 0.967. The number of carbonyl (C=O) groups is 1. The van der Waals surface area contributed by atoms with E-state index < -0.39 is 5.97 Å². The van der Waals surface area contributed by atoms with Crippen molar-refractivity contribution in [1.82, 2.24) is 4.90 Å². The van der Waals surface area contributed by atoms with Gasteiger partial charge in [-0.25, -0.2) is 0 Å². The molecule has 14 heavy (non-hydrogen) atoms. The molecule has 0 amide bonds. The van der Waals surface area contributed by atoms with Gasteiger partial charge in [-0.2, -0.15) is 0 Å². The van der Waals surface area contributed by atoms with Crippen molar-refractivity contribution in [3.8, 4) is 0 Å². The zero-order valence-electron chi connectivity index (χ0n) is 9.16. The predicted molar refractivity (Wildman–Crippen MR) is 55.5 cm³/mol. The molecule has 0 spiro atoms. The second kappa shape index (κ2) is 8.97. The van der Waals surface area contributed by atoms with E-state index in [1.54, 1.807) is 0 Å². The van der Waals surface area contributed by atoms with Gasteiger partial charge in [0.25, 0.3) is 0 Å². The quantitative estimate of drug-likeness (QED) is 0.572. The minimum atomic E-state index is -0.747. The van der Waals surface area contributed by atoms with Crippen molar-refractivity contribution in [2.75, 3.05) is 33.4 Å². The fraction of sp³-hybridized carbons (Fsp3) is 0.900. The number of carboxylic acids is 1. The van der Waals surface area contributed by atoms with Gasteiger partial charge < -0.3 is 14.7 Å². The molecule has 0 aliphatic rings. The number of likely N-dealkylation sites (N-methyl/N-ethyl adjacent to an activating group) is 1. The first kappa shape index (κ1) is 13.4. The molecule has 0 atom stereocenters. The van der Waals surface area contributed by atoms with E-state index in [1.807, 2.05) is 11.9 Å². The van der Waals surface area contributed by atoms with Crippen molar-refractivity contribution in [3.05, 3.63) is 0 Å². The summed E-state index contributed by atoms with van der Waals surface area (Å²) in [4.78, 5) is 12.2. The fourth-order valence-corrected chi connectivity index (χ4v) is 0.967. The normalized spacial score (nSPS) is 10.8. The van der Waals surface area contributed by atoms with E-state index >= 15 is 0 Å². The lowest BCUT2D eigenvalue weighted by molar-refractivity contribution is -0.137. The Kier molecular flexibility index (Phi) is 8.57. The molecule has 0 aliphatic heterocycles. The van der Waals surface area contributed by atoms with Gasteiger partial charge in [0, 0.05) is 19.7 Å². The SMILES string of the molecule is CCCCOCCN(C)CCC(=O)O.